The van der Waals surface area contributed by atoms with E-state index in [2.05, 4.69) is 0 Å². The van der Waals surface area contributed by atoms with Gasteiger partial charge in [0.15, 0.2) is 0 Å². The first-order valence-electron chi connectivity index (χ1n) is 6.95. The minimum atomic E-state index is -0.892. The van der Waals surface area contributed by atoms with E-state index in [1.165, 1.54) is 0 Å². The molecule has 1 N–H and O–H groups in total. The molecular formula is C16H21NO3. The van der Waals surface area contributed by atoms with Crippen LogP contribution >= 0.6 is 0 Å². The molecule has 0 unspecified atom stereocenters. The standard InChI is InChI=1S/C16H21NO3/c1-11(14(18)19)16(9-10-16)15(20)17(3)12(2)13-7-5-4-6-8-13/h4-8,11-12H,9-10H2,1-3H3,(H,18,19)/t11-,12-/m1/s1. The van der Waals surface area contributed by atoms with Crippen LogP contribution in [0.15, 0.2) is 30.3 Å². The highest BCUT2D eigenvalue weighted by molar-refractivity contribution is 5.90. The smallest absolute Gasteiger partial charge is 0.307 e. The zero-order chi connectivity index (χ0) is 14.9. The number of hydrogen-bond donors (Lipinski definition) is 1. The maximum absolute atomic E-state index is 12.7. The predicted molar refractivity (Wildman–Crippen MR) is 76.1 cm³/mol. The highest BCUT2D eigenvalue weighted by Gasteiger charge is 2.57. The third kappa shape index (κ3) is 2.42. The molecule has 1 amide bonds. The molecule has 4 nitrogen and oxygen atoms in total. The van der Waals surface area contributed by atoms with E-state index >= 15 is 0 Å². The summed E-state index contributed by atoms with van der Waals surface area (Å²) in [7, 11) is 1.76. The summed E-state index contributed by atoms with van der Waals surface area (Å²) in [6, 6.07) is 9.73. The molecule has 0 aliphatic heterocycles. The van der Waals surface area contributed by atoms with Crippen molar-refractivity contribution in [2.24, 2.45) is 11.3 Å². The normalized spacial score (nSPS) is 18.9. The Balaban J connectivity index is 2.15. The van der Waals surface area contributed by atoms with Gasteiger partial charge in [0.1, 0.15) is 0 Å². The summed E-state index contributed by atoms with van der Waals surface area (Å²) in [5.74, 6) is -1.57. The monoisotopic (exact) mass is 275 g/mol. The molecule has 4 heteroatoms. The summed E-state index contributed by atoms with van der Waals surface area (Å²) in [5.41, 5.74) is 0.367. The second kappa shape index (κ2) is 5.27. The van der Waals surface area contributed by atoms with Crippen molar-refractivity contribution >= 4 is 11.9 Å². The third-order valence-electron chi connectivity index (χ3n) is 4.60. The van der Waals surface area contributed by atoms with E-state index in [1.54, 1.807) is 18.9 Å². The van der Waals surface area contributed by atoms with Crippen molar-refractivity contribution in [2.75, 3.05) is 7.05 Å². The highest BCUT2D eigenvalue weighted by Crippen LogP contribution is 2.54. The number of carbonyl (C=O) groups excluding carboxylic acids is 1. The van der Waals surface area contributed by atoms with E-state index in [0.29, 0.717) is 12.8 Å². The zero-order valence-electron chi connectivity index (χ0n) is 12.2. The molecule has 0 heterocycles. The first kappa shape index (κ1) is 14.6. The van der Waals surface area contributed by atoms with Crippen LogP contribution in [0.25, 0.3) is 0 Å². The fourth-order valence-corrected chi connectivity index (χ4v) is 2.69. The van der Waals surface area contributed by atoms with Gasteiger partial charge in [-0.05, 0) is 25.3 Å². The summed E-state index contributed by atoms with van der Waals surface area (Å²) < 4.78 is 0. The lowest BCUT2D eigenvalue weighted by atomic mass is 9.88. The van der Waals surface area contributed by atoms with Gasteiger partial charge in [0.25, 0.3) is 0 Å². The summed E-state index contributed by atoms with van der Waals surface area (Å²) >= 11 is 0. The maximum atomic E-state index is 12.7. The molecule has 2 rings (SSSR count). The molecule has 108 valence electrons. The number of aliphatic carboxylic acids is 1. The van der Waals surface area contributed by atoms with E-state index in [9.17, 15) is 14.7 Å². The third-order valence-corrected chi connectivity index (χ3v) is 4.60. The lowest BCUT2D eigenvalue weighted by Gasteiger charge is -2.31. The lowest BCUT2D eigenvalue weighted by molar-refractivity contribution is -0.151. The van der Waals surface area contributed by atoms with Gasteiger partial charge in [-0.3, -0.25) is 9.59 Å². The fourth-order valence-electron chi connectivity index (χ4n) is 2.69. The Labute approximate surface area is 119 Å². The summed E-state index contributed by atoms with van der Waals surface area (Å²) in [6.45, 7) is 3.60. The Morgan fingerprint density at radius 3 is 2.20 bits per heavy atom. The quantitative estimate of drug-likeness (QED) is 0.899. The highest BCUT2D eigenvalue weighted by atomic mass is 16.4. The van der Waals surface area contributed by atoms with E-state index in [-0.39, 0.29) is 11.9 Å². The van der Waals surface area contributed by atoms with Gasteiger partial charge in [-0.15, -0.1) is 0 Å². The zero-order valence-corrected chi connectivity index (χ0v) is 12.2. The molecule has 1 aliphatic carbocycles. The van der Waals surface area contributed by atoms with Gasteiger partial charge in [-0.25, -0.2) is 0 Å². The van der Waals surface area contributed by atoms with Gasteiger partial charge in [-0.1, -0.05) is 37.3 Å². The Kier molecular flexibility index (Phi) is 3.84. The van der Waals surface area contributed by atoms with Crippen LogP contribution in [-0.4, -0.2) is 28.9 Å². The summed E-state index contributed by atoms with van der Waals surface area (Å²) in [5, 5.41) is 9.17. The maximum Gasteiger partial charge on any atom is 0.307 e. The predicted octanol–water partition coefficient (Wildman–Crippen LogP) is 2.71. The Morgan fingerprint density at radius 1 is 1.20 bits per heavy atom. The SMILES string of the molecule is C[C@H](c1ccccc1)N(C)C(=O)C1([C@H](C)C(=O)O)CC1. The summed E-state index contributed by atoms with van der Waals surface area (Å²) in [4.78, 5) is 25.5. The number of hydrogen-bond acceptors (Lipinski definition) is 2. The number of carboxylic acids is 1. The minimum Gasteiger partial charge on any atom is -0.481 e. The number of nitrogens with zero attached hydrogens (tertiary/aromatic N) is 1. The molecule has 2 atom stereocenters. The topological polar surface area (TPSA) is 57.6 Å². The number of carbonyl (C=O) groups is 2. The molecule has 1 fully saturated rings. The van der Waals surface area contributed by atoms with Crippen LogP contribution < -0.4 is 0 Å². The van der Waals surface area contributed by atoms with Gasteiger partial charge in [-0.2, -0.15) is 0 Å². The molecule has 1 aromatic rings. The molecule has 0 spiro atoms. The lowest BCUT2D eigenvalue weighted by Crippen LogP contribution is -2.41. The van der Waals surface area contributed by atoms with E-state index in [0.717, 1.165) is 5.56 Å². The molecule has 0 saturated heterocycles. The van der Waals surface area contributed by atoms with Gasteiger partial charge >= 0.3 is 5.97 Å². The molecule has 1 aliphatic rings. The molecule has 20 heavy (non-hydrogen) atoms. The minimum absolute atomic E-state index is 0.0521. The Bertz CT molecular complexity index is 508. The summed E-state index contributed by atoms with van der Waals surface area (Å²) in [6.07, 6.45) is 1.34. The van der Waals surface area contributed by atoms with Crippen molar-refractivity contribution in [2.45, 2.75) is 32.7 Å². The van der Waals surface area contributed by atoms with E-state index < -0.39 is 17.3 Å². The average molecular weight is 275 g/mol. The Morgan fingerprint density at radius 2 is 1.75 bits per heavy atom. The fraction of sp³-hybridized carbons (Fsp3) is 0.500. The van der Waals surface area contributed by atoms with Crippen LogP contribution in [0.5, 0.6) is 0 Å². The van der Waals surface area contributed by atoms with Crippen molar-refractivity contribution in [1.29, 1.82) is 0 Å². The number of benzene rings is 1. The van der Waals surface area contributed by atoms with Gasteiger partial charge in [0, 0.05) is 7.05 Å². The molecule has 1 aromatic carbocycles. The van der Waals surface area contributed by atoms with E-state index in [4.69, 9.17) is 0 Å². The van der Waals surface area contributed by atoms with Crippen LogP contribution in [0.1, 0.15) is 38.3 Å². The van der Waals surface area contributed by atoms with Crippen LogP contribution in [0.2, 0.25) is 0 Å². The Hall–Kier alpha value is -1.84. The first-order chi connectivity index (χ1) is 9.40. The van der Waals surface area contributed by atoms with Crippen molar-refractivity contribution in [3.63, 3.8) is 0 Å². The number of amides is 1. The molecular weight excluding hydrogens is 254 g/mol. The van der Waals surface area contributed by atoms with Crippen LogP contribution in [0.4, 0.5) is 0 Å². The van der Waals surface area contributed by atoms with Crippen molar-refractivity contribution in [3.05, 3.63) is 35.9 Å². The second-order valence-corrected chi connectivity index (χ2v) is 5.72. The molecule has 0 radical (unpaired) electrons. The largest absolute Gasteiger partial charge is 0.481 e. The molecule has 1 saturated carbocycles. The van der Waals surface area contributed by atoms with Crippen molar-refractivity contribution in [3.8, 4) is 0 Å². The number of rotatable bonds is 5. The molecule has 0 bridgehead atoms. The van der Waals surface area contributed by atoms with Gasteiger partial charge < -0.3 is 10.0 Å². The first-order valence-corrected chi connectivity index (χ1v) is 6.95. The second-order valence-electron chi connectivity index (χ2n) is 5.72. The van der Waals surface area contributed by atoms with Crippen LogP contribution in [0.3, 0.4) is 0 Å². The van der Waals surface area contributed by atoms with E-state index in [1.807, 2.05) is 37.3 Å². The average Bonchev–Trinajstić information content (AvgIpc) is 3.26. The van der Waals surface area contributed by atoms with Crippen LogP contribution in [-0.2, 0) is 9.59 Å². The molecule has 0 aromatic heterocycles. The van der Waals surface area contributed by atoms with Crippen molar-refractivity contribution < 1.29 is 14.7 Å². The van der Waals surface area contributed by atoms with Gasteiger partial charge in [0.2, 0.25) is 5.91 Å². The number of carboxylic acid groups (broad SMARTS) is 1. The van der Waals surface area contributed by atoms with Crippen molar-refractivity contribution in [1.82, 2.24) is 4.90 Å². The van der Waals surface area contributed by atoms with Crippen LogP contribution in [0, 0.1) is 11.3 Å². The van der Waals surface area contributed by atoms with Gasteiger partial charge in [0.05, 0.1) is 17.4 Å².